The van der Waals surface area contributed by atoms with E-state index in [4.69, 9.17) is 14.2 Å². The molecular weight excluding hydrogens is 472 g/mol. The van der Waals surface area contributed by atoms with Gasteiger partial charge in [0, 0.05) is 24.0 Å². The fourth-order valence-corrected chi connectivity index (χ4v) is 5.04. The van der Waals surface area contributed by atoms with Crippen LogP contribution in [0.15, 0.2) is 71.6 Å². The molecule has 0 atom stereocenters. The summed E-state index contributed by atoms with van der Waals surface area (Å²) in [5, 5.41) is 0. The number of nitrogens with one attached hydrogen (secondary N) is 1. The maximum atomic E-state index is 12.8. The molecule has 0 saturated carbocycles. The highest BCUT2D eigenvalue weighted by molar-refractivity contribution is 7.92. The van der Waals surface area contributed by atoms with E-state index in [2.05, 4.69) is 4.72 Å². The van der Waals surface area contributed by atoms with Gasteiger partial charge in [0.25, 0.3) is 15.9 Å². The first kappa shape index (κ1) is 22.7. The van der Waals surface area contributed by atoms with Crippen molar-refractivity contribution in [3.8, 4) is 11.5 Å². The number of amides is 1. The SMILES string of the molecule is O=C(OCC(=O)N1CCc2ccccc21)c1ccc(NS(=O)(=O)c2ccc3c(c2)OCCO3)cc1. The van der Waals surface area contributed by atoms with Crippen LogP contribution in [0.5, 0.6) is 11.5 Å². The van der Waals surface area contributed by atoms with Crippen LogP contribution in [0.1, 0.15) is 15.9 Å². The fraction of sp³-hybridized carbons (Fsp3) is 0.200. The molecule has 0 aromatic heterocycles. The summed E-state index contributed by atoms with van der Waals surface area (Å²) < 4.78 is 44.0. The van der Waals surface area contributed by atoms with Crippen molar-refractivity contribution < 1.29 is 32.2 Å². The smallest absolute Gasteiger partial charge is 0.338 e. The van der Waals surface area contributed by atoms with E-state index < -0.39 is 16.0 Å². The second-order valence-electron chi connectivity index (χ2n) is 7.99. The van der Waals surface area contributed by atoms with Gasteiger partial charge < -0.3 is 19.1 Å². The minimum atomic E-state index is -3.89. The summed E-state index contributed by atoms with van der Waals surface area (Å²) in [5.74, 6) is -0.117. The third-order valence-corrected chi connectivity index (χ3v) is 7.09. The molecule has 0 unspecified atom stereocenters. The van der Waals surface area contributed by atoms with Gasteiger partial charge in [-0.25, -0.2) is 13.2 Å². The molecule has 2 aliphatic rings. The van der Waals surface area contributed by atoms with E-state index >= 15 is 0 Å². The molecule has 1 amide bonds. The van der Waals surface area contributed by atoms with Crippen LogP contribution in [0, 0.1) is 0 Å². The average Bonchev–Trinajstić information content (AvgIpc) is 3.31. The Morgan fingerprint density at radius 3 is 2.49 bits per heavy atom. The van der Waals surface area contributed by atoms with Crippen LogP contribution in [-0.4, -0.2) is 46.7 Å². The minimum Gasteiger partial charge on any atom is -0.486 e. The third-order valence-electron chi connectivity index (χ3n) is 5.71. The monoisotopic (exact) mass is 494 g/mol. The van der Waals surface area contributed by atoms with Gasteiger partial charge in [0.15, 0.2) is 18.1 Å². The number of benzene rings is 3. The van der Waals surface area contributed by atoms with E-state index in [9.17, 15) is 18.0 Å². The topological polar surface area (TPSA) is 111 Å². The number of esters is 1. The van der Waals surface area contributed by atoms with Gasteiger partial charge in [-0.1, -0.05) is 18.2 Å². The molecule has 2 aliphatic heterocycles. The van der Waals surface area contributed by atoms with Crippen molar-refractivity contribution in [1.82, 2.24) is 0 Å². The first-order chi connectivity index (χ1) is 16.9. The zero-order valence-corrected chi connectivity index (χ0v) is 19.4. The van der Waals surface area contributed by atoms with Gasteiger partial charge in [0.05, 0.1) is 10.5 Å². The lowest BCUT2D eigenvalue weighted by Gasteiger charge is -2.19. The zero-order valence-electron chi connectivity index (χ0n) is 18.6. The van der Waals surface area contributed by atoms with Crippen molar-refractivity contribution in [3.63, 3.8) is 0 Å². The Labute approximate surface area is 202 Å². The number of fused-ring (bicyclic) bond motifs is 2. The van der Waals surface area contributed by atoms with Gasteiger partial charge in [-0.05, 0) is 54.4 Å². The van der Waals surface area contributed by atoms with Crippen molar-refractivity contribution in [3.05, 3.63) is 77.9 Å². The van der Waals surface area contributed by atoms with E-state index in [0.29, 0.717) is 31.3 Å². The summed E-state index contributed by atoms with van der Waals surface area (Å²) in [4.78, 5) is 26.6. The number of carbonyl (C=O) groups is 2. The molecule has 9 nitrogen and oxygen atoms in total. The first-order valence-electron chi connectivity index (χ1n) is 11.0. The van der Waals surface area contributed by atoms with Gasteiger partial charge in [-0.15, -0.1) is 0 Å². The zero-order chi connectivity index (χ0) is 24.4. The summed E-state index contributed by atoms with van der Waals surface area (Å²) in [5.41, 5.74) is 2.38. The van der Waals surface area contributed by atoms with Crippen molar-refractivity contribution in [2.75, 3.05) is 36.0 Å². The summed E-state index contributed by atoms with van der Waals surface area (Å²) in [6, 6.07) is 17.8. The molecule has 10 heteroatoms. The van der Waals surface area contributed by atoms with Gasteiger partial charge in [-0.3, -0.25) is 9.52 Å². The highest BCUT2D eigenvalue weighted by atomic mass is 32.2. The number of carbonyl (C=O) groups excluding carboxylic acids is 2. The van der Waals surface area contributed by atoms with E-state index in [1.165, 1.54) is 36.4 Å². The summed E-state index contributed by atoms with van der Waals surface area (Å²) in [6.07, 6.45) is 0.763. The Hall–Kier alpha value is -4.05. The minimum absolute atomic E-state index is 0.0206. The van der Waals surface area contributed by atoms with Crippen LogP contribution < -0.4 is 19.1 Å². The lowest BCUT2D eigenvalue weighted by molar-refractivity contribution is -0.121. The van der Waals surface area contributed by atoms with Crippen LogP contribution in [0.25, 0.3) is 0 Å². The molecule has 0 saturated heterocycles. The summed E-state index contributed by atoms with van der Waals surface area (Å²) >= 11 is 0. The number of hydrogen-bond acceptors (Lipinski definition) is 7. The molecule has 2 heterocycles. The summed E-state index contributed by atoms with van der Waals surface area (Å²) in [7, 11) is -3.89. The maximum Gasteiger partial charge on any atom is 0.338 e. The Morgan fingerprint density at radius 2 is 1.69 bits per heavy atom. The number of para-hydroxylation sites is 1. The third kappa shape index (κ3) is 4.78. The predicted octanol–water partition coefficient (Wildman–Crippen LogP) is 3.00. The Morgan fingerprint density at radius 1 is 0.943 bits per heavy atom. The van der Waals surface area contributed by atoms with Crippen LogP contribution in [0.3, 0.4) is 0 Å². The normalized spacial score (nSPS) is 14.2. The molecular formula is C25H22N2O7S. The molecule has 0 radical (unpaired) electrons. The second kappa shape index (κ2) is 9.30. The highest BCUT2D eigenvalue weighted by Gasteiger charge is 2.25. The molecule has 0 spiro atoms. The number of sulfonamides is 1. The molecule has 180 valence electrons. The lowest BCUT2D eigenvalue weighted by atomic mass is 10.2. The predicted molar refractivity (Wildman–Crippen MR) is 127 cm³/mol. The lowest BCUT2D eigenvalue weighted by Crippen LogP contribution is -2.33. The molecule has 35 heavy (non-hydrogen) atoms. The Balaban J connectivity index is 1.19. The summed E-state index contributed by atoms with van der Waals surface area (Å²) in [6.45, 7) is 0.921. The van der Waals surface area contributed by atoms with Gasteiger partial charge in [-0.2, -0.15) is 0 Å². The second-order valence-corrected chi connectivity index (χ2v) is 9.67. The quantitative estimate of drug-likeness (QED) is 0.525. The largest absolute Gasteiger partial charge is 0.486 e. The van der Waals surface area contributed by atoms with Crippen molar-refractivity contribution >= 4 is 33.3 Å². The van der Waals surface area contributed by atoms with Crippen LogP contribution in [0.2, 0.25) is 0 Å². The van der Waals surface area contributed by atoms with Crippen LogP contribution >= 0.6 is 0 Å². The highest BCUT2D eigenvalue weighted by Crippen LogP contribution is 2.33. The molecule has 0 aliphatic carbocycles. The number of nitrogens with zero attached hydrogens (tertiary/aromatic N) is 1. The van der Waals surface area contributed by atoms with E-state index in [1.54, 1.807) is 11.0 Å². The molecule has 3 aromatic rings. The number of hydrogen-bond donors (Lipinski definition) is 1. The number of ether oxygens (including phenoxy) is 3. The number of rotatable bonds is 6. The van der Waals surface area contributed by atoms with E-state index in [1.807, 2.05) is 24.3 Å². The Bertz CT molecular complexity index is 1390. The maximum absolute atomic E-state index is 12.8. The molecule has 3 aromatic carbocycles. The standard InChI is InChI=1S/C25H22N2O7S/c28-24(27-12-11-17-3-1-2-4-21(17)27)16-34-25(29)18-5-7-19(8-6-18)26-35(30,31)20-9-10-22-23(15-20)33-14-13-32-22/h1-10,15,26H,11-14,16H2. The first-order valence-corrected chi connectivity index (χ1v) is 12.5. The molecule has 1 N–H and O–H groups in total. The van der Waals surface area contributed by atoms with Crippen molar-refractivity contribution in [2.45, 2.75) is 11.3 Å². The van der Waals surface area contributed by atoms with Crippen LogP contribution in [0.4, 0.5) is 11.4 Å². The Kier molecular flexibility index (Phi) is 6.04. The van der Waals surface area contributed by atoms with Gasteiger partial charge >= 0.3 is 5.97 Å². The van der Waals surface area contributed by atoms with E-state index in [0.717, 1.165) is 17.7 Å². The molecule has 0 bridgehead atoms. The van der Waals surface area contributed by atoms with E-state index in [-0.39, 0.29) is 28.7 Å². The van der Waals surface area contributed by atoms with Crippen molar-refractivity contribution in [1.29, 1.82) is 0 Å². The van der Waals surface area contributed by atoms with Gasteiger partial charge in [0.2, 0.25) is 0 Å². The molecule has 0 fully saturated rings. The van der Waals surface area contributed by atoms with Crippen molar-refractivity contribution in [2.24, 2.45) is 0 Å². The number of anilines is 2. The van der Waals surface area contributed by atoms with Gasteiger partial charge in [0.1, 0.15) is 13.2 Å². The molecule has 5 rings (SSSR count). The fourth-order valence-electron chi connectivity index (χ4n) is 3.97. The van der Waals surface area contributed by atoms with Crippen LogP contribution in [-0.2, 0) is 26.0 Å². The average molecular weight is 495 g/mol.